The lowest BCUT2D eigenvalue weighted by Gasteiger charge is -2.15. The molecule has 7 heteroatoms. The van der Waals surface area contributed by atoms with E-state index >= 15 is 0 Å². The van der Waals surface area contributed by atoms with E-state index in [1.54, 1.807) is 17.5 Å². The van der Waals surface area contributed by atoms with Crippen LogP contribution in [0.15, 0.2) is 34.1 Å². The second kappa shape index (κ2) is 9.83. The van der Waals surface area contributed by atoms with Crippen LogP contribution in [0.2, 0.25) is 0 Å². The van der Waals surface area contributed by atoms with Crippen LogP contribution in [-0.2, 0) is 13.6 Å². The monoisotopic (exact) mass is 433 g/mol. The summed E-state index contributed by atoms with van der Waals surface area (Å²) in [5.41, 5.74) is 2.47. The zero-order chi connectivity index (χ0) is 15.1. The molecule has 0 saturated heterocycles. The minimum absolute atomic E-state index is 0. The average molecular weight is 433 g/mol. The fourth-order valence-electron chi connectivity index (χ4n) is 1.98. The lowest BCUT2D eigenvalue weighted by molar-refractivity contribution is 0.689. The minimum Gasteiger partial charge on any atom is -0.357 e. The maximum Gasteiger partial charge on any atom is 0.191 e. The molecule has 2 rings (SSSR count). The van der Waals surface area contributed by atoms with Gasteiger partial charge in [0.2, 0.25) is 0 Å². The zero-order valence-electron chi connectivity index (χ0n) is 13.2. The highest BCUT2D eigenvalue weighted by molar-refractivity contribution is 14.0. The number of hydrogen-bond donors (Lipinski definition) is 2. The second-order valence-electron chi connectivity index (χ2n) is 4.98. The first-order valence-electron chi connectivity index (χ1n) is 7.21. The Morgan fingerprint density at radius 3 is 2.82 bits per heavy atom. The number of rotatable bonds is 6. The standard InChI is InChI=1S/C15H23N5S.HI/c1-4-16-15(18-10-14-5-7-19-20(14)3)17-9-12(2)13-6-8-21-11-13;/h5-8,11-12H,4,9-10H2,1-3H3,(H2,16,17,18);1H. The van der Waals surface area contributed by atoms with Crippen molar-refractivity contribution >= 4 is 41.3 Å². The number of hydrogen-bond acceptors (Lipinski definition) is 3. The number of nitrogens with zero attached hydrogens (tertiary/aromatic N) is 3. The van der Waals surface area contributed by atoms with Crippen LogP contribution >= 0.6 is 35.3 Å². The number of halogens is 1. The van der Waals surface area contributed by atoms with Crippen molar-refractivity contribution in [1.82, 2.24) is 20.4 Å². The molecule has 0 aliphatic carbocycles. The van der Waals surface area contributed by atoms with E-state index < -0.39 is 0 Å². The first-order valence-corrected chi connectivity index (χ1v) is 8.16. The van der Waals surface area contributed by atoms with Crippen LogP contribution in [0, 0.1) is 0 Å². The van der Waals surface area contributed by atoms with Gasteiger partial charge in [-0.1, -0.05) is 6.92 Å². The smallest absolute Gasteiger partial charge is 0.191 e. The molecule has 0 aliphatic heterocycles. The van der Waals surface area contributed by atoms with Gasteiger partial charge in [-0.15, -0.1) is 24.0 Å². The Morgan fingerprint density at radius 1 is 1.41 bits per heavy atom. The summed E-state index contributed by atoms with van der Waals surface area (Å²) < 4.78 is 1.85. The van der Waals surface area contributed by atoms with Gasteiger partial charge in [-0.25, -0.2) is 4.99 Å². The molecule has 1 unspecified atom stereocenters. The number of nitrogens with one attached hydrogen (secondary N) is 2. The summed E-state index contributed by atoms with van der Waals surface area (Å²) >= 11 is 1.74. The minimum atomic E-state index is 0. The maximum atomic E-state index is 4.61. The van der Waals surface area contributed by atoms with Gasteiger partial charge in [0.1, 0.15) is 0 Å². The molecule has 0 spiro atoms. The topological polar surface area (TPSA) is 54.2 Å². The Kier molecular flexibility index (Phi) is 8.47. The van der Waals surface area contributed by atoms with Gasteiger partial charge in [-0.05, 0) is 41.3 Å². The van der Waals surface area contributed by atoms with Gasteiger partial charge in [-0.3, -0.25) is 4.68 Å². The summed E-state index contributed by atoms with van der Waals surface area (Å²) in [5.74, 6) is 1.32. The lowest BCUT2D eigenvalue weighted by Crippen LogP contribution is -2.39. The van der Waals surface area contributed by atoms with Crippen LogP contribution in [0.25, 0.3) is 0 Å². The van der Waals surface area contributed by atoms with E-state index in [1.807, 2.05) is 17.8 Å². The molecule has 0 saturated carbocycles. The third-order valence-electron chi connectivity index (χ3n) is 3.35. The van der Waals surface area contributed by atoms with E-state index in [1.165, 1.54) is 5.56 Å². The van der Waals surface area contributed by atoms with Crippen molar-refractivity contribution in [3.63, 3.8) is 0 Å². The van der Waals surface area contributed by atoms with Crippen molar-refractivity contribution in [2.45, 2.75) is 26.3 Å². The summed E-state index contributed by atoms with van der Waals surface area (Å²) in [4.78, 5) is 4.61. The quantitative estimate of drug-likeness (QED) is 0.419. The molecule has 122 valence electrons. The fraction of sp³-hybridized carbons (Fsp3) is 0.467. The molecular formula is C15H24IN5S. The third kappa shape index (κ3) is 5.60. The summed E-state index contributed by atoms with van der Waals surface area (Å²) in [6, 6.07) is 4.16. The van der Waals surface area contributed by atoms with Gasteiger partial charge in [0.05, 0.1) is 12.2 Å². The highest BCUT2D eigenvalue weighted by Crippen LogP contribution is 2.16. The largest absolute Gasteiger partial charge is 0.357 e. The van der Waals surface area contributed by atoms with Crippen LogP contribution in [-0.4, -0.2) is 28.8 Å². The van der Waals surface area contributed by atoms with E-state index in [0.29, 0.717) is 12.5 Å². The Bertz CT molecular complexity index is 564. The van der Waals surface area contributed by atoms with Gasteiger partial charge >= 0.3 is 0 Å². The molecule has 0 aromatic carbocycles. The fourth-order valence-corrected chi connectivity index (χ4v) is 2.76. The molecule has 0 fully saturated rings. The normalized spacial score (nSPS) is 12.6. The predicted octanol–water partition coefficient (Wildman–Crippen LogP) is 2.96. The zero-order valence-corrected chi connectivity index (χ0v) is 16.4. The van der Waals surface area contributed by atoms with Crippen LogP contribution in [0.1, 0.15) is 31.0 Å². The first kappa shape index (κ1) is 19.0. The van der Waals surface area contributed by atoms with Gasteiger partial charge in [-0.2, -0.15) is 16.4 Å². The highest BCUT2D eigenvalue weighted by Gasteiger charge is 2.07. The van der Waals surface area contributed by atoms with E-state index in [0.717, 1.165) is 24.7 Å². The molecule has 22 heavy (non-hydrogen) atoms. The summed E-state index contributed by atoms with van der Waals surface area (Å²) in [5, 5.41) is 15.2. The van der Waals surface area contributed by atoms with E-state index in [9.17, 15) is 0 Å². The molecule has 2 heterocycles. The van der Waals surface area contributed by atoms with Crippen molar-refractivity contribution in [1.29, 1.82) is 0 Å². The lowest BCUT2D eigenvalue weighted by atomic mass is 10.1. The number of guanidine groups is 1. The van der Waals surface area contributed by atoms with Crippen LogP contribution < -0.4 is 10.6 Å². The van der Waals surface area contributed by atoms with Gasteiger partial charge in [0.15, 0.2) is 5.96 Å². The molecule has 2 aromatic heterocycles. The molecule has 0 aliphatic rings. The summed E-state index contributed by atoms with van der Waals surface area (Å²) in [7, 11) is 1.93. The van der Waals surface area contributed by atoms with Crippen molar-refractivity contribution in [2.75, 3.05) is 13.1 Å². The summed E-state index contributed by atoms with van der Waals surface area (Å²) in [6.07, 6.45) is 1.80. The molecule has 2 N–H and O–H groups in total. The molecule has 1 atom stereocenters. The molecule has 0 radical (unpaired) electrons. The van der Waals surface area contributed by atoms with Gasteiger partial charge < -0.3 is 10.6 Å². The maximum absolute atomic E-state index is 4.61. The average Bonchev–Trinajstić information content (AvgIpc) is 3.13. The Morgan fingerprint density at radius 2 is 2.23 bits per heavy atom. The first-order chi connectivity index (χ1) is 10.2. The predicted molar refractivity (Wildman–Crippen MR) is 104 cm³/mol. The SMILES string of the molecule is CCNC(=NCc1ccnn1C)NCC(C)c1ccsc1.I. The molecule has 2 aromatic rings. The highest BCUT2D eigenvalue weighted by atomic mass is 127. The van der Waals surface area contributed by atoms with Crippen molar-refractivity contribution in [3.05, 3.63) is 40.3 Å². The molecule has 5 nitrogen and oxygen atoms in total. The van der Waals surface area contributed by atoms with Crippen LogP contribution in [0.3, 0.4) is 0 Å². The number of aromatic nitrogens is 2. The number of aryl methyl sites for hydroxylation is 1. The number of aliphatic imine (C=N–C) groups is 1. The van der Waals surface area contributed by atoms with E-state index in [2.05, 4.69) is 51.4 Å². The van der Waals surface area contributed by atoms with Crippen molar-refractivity contribution in [2.24, 2.45) is 12.0 Å². The van der Waals surface area contributed by atoms with Gasteiger partial charge in [0.25, 0.3) is 0 Å². The molecular weight excluding hydrogens is 409 g/mol. The Balaban J connectivity index is 0.00000242. The number of thiophene rings is 1. The van der Waals surface area contributed by atoms with Crippen molar-refractivity contribution in [3.8, 4) is 0 Å². The van der Waals surface area contributed by atoms with Gasteiger partial charge in [0, 0.05) is 26.3 Å². The third-order valence-corrected chi connectivity index (χ3v) is 4.06. The summed E-state index contributed by atoms with van der Waals surface area (Å²) in [6.45, 7) is 6.64. The second-order valence-corrected chi connectivity index (χ2v) is 5.76. The van der Waals surface area contributed by atoms with E-state index in [4.69, 9.17) is 0 Å². The molecule has 0 bridgehead atoms. The Hall–Kier alpha value is -1.09. The van der Waals surface area contributed by atoms with Crippen molar-refractivity contribution < 1.29 is 0 Å². The van der Waals surface area contributed by atoms with E-state index in [-0.39, 0.29) is 24.0 Å². The van der Waals surface area contributed by atoms with Crippen LogP contribution in [0.5, 0.6) is 0 Å². The van der Waals surface area contributed by atoms with Crippen LogP contribution in [0.4, 0.5) is 0 Å². The Labute approximate surface area is 153 Å². The molecule has 0 amide bonds.